The van der Waals surface area contributed by atoms with Crippen molar-refractivity contribution >= 4 is 0 Å². The normalized spacial score (nSPS) is 14.1. The van der Waals surface area contributed by atoms with Crippen LogP contribution < -0.4 is 15.9 Å². The van der Waals surface area contributed by atoms with E-state index in [1.165, 1.54) is 0 Å². The summed E-state index contributed by atoms with van der Waals surface area (Å²) in [7, 11) is 0. The molecule has 0 amide bonds. The number of nitrogens with zero attached hydrogens (tertiary/aromatic N) is 1. The van der Waals surface area contributed by atoms with Crippen LogP contribution in [0.4, 0.5) is 0 Å². The van der Waals surface area contributed by atoms with Crippen molar-refractivity contribution in [3.63, 3.8) is 0 Å². The van der Waals surface area contributed by atoms with Crippen LogP contribution in [0.2, 0.25) is 0 Å². The standard InChI is InChI=1S/C14H19N3O/c1-11-5-3-6-12(2)14(11)18-10-9-17-8-4-7-13(15)16-17/h3-8,16H,9-10,15H2,1-2H3. The molecule has 0 aromatic heterocycles. The van der Waals surface area contributed by atoms with Gasteiger partial charge in [0.1, 0.15) is 18.2 Å². The van der Waals surface area contributed by atoms with Crippen LogP contribution in [0.3, 0.4) is 0 Å². The first-order valence-electron chi connectivity index (χ1n) is 6.03. The number of rotatable bonds is 4. The predicted octanol–water partition coefficient (Wildman–Crippen LogP) is 1.82. The van der Waals surface area contributed by atoms with Gasteiger partial charge in [0.15, 0.2) is 0 Å². The number of hydrazine groups is 1. The highest BCUT2D eigenvalue weighted by molar-refractivity contribution is 5.39. The lowest BCUT2D eigenvalue weighted by Crippen LogP contribution is -2.39. The number of benzene rings is 1. The molecule has 0 unspecified atom stereocenters. The summed E-state index contributed by atoms with van der Waals surface area (Å²) in [5, 5.41) is 1.91. The van der Waals surface area contributed by atoms with Gasteiger partial charge in [-0.3, -0.25) is 10.4 Å². The second kappa shape index (κ2) is 5.49. The van der Waals surface area contributed by atoms with Gasteiger partial charge in [0, 0.05) is 6.20 Å². The zero-order valence-corrected chi connectivity index (χ0v) is 10.8. The molecule has 0 bridgehead atoms. The lowest BCUT2D eigenvalue weighted by atomic mass is 10.1. The third-order valence-electron chi connectivity index (χ3n) is 2.80. The maximum atomic E-state index is 5.83. The molecular formula is C14H19N3O. The number of hydrogen-bond donors (Lipinski definition) is 2. The molecule has 0 aliphatic carbocycles. The SMILES string of the molecule is Cc1cccc(C)c1OCCN1C=CC=C(N)N1. The Hall–Kier alpha value is -2.10. The van der Waals surface area contributed by atoms with Gasteiger partial charge in [-0.1, -0.05) is 18.2 Å². The highest BCUT2D eigenvalue weighted by atomic mass is 16.5. The van der Waals surface area contributed by atoms with Gasteiger partial charge >= 0.3 is 0 Å². The van der Waals surface area contributed by atoms with E-state index in [2.05, 4.69) is 31.4 Å². The maximum Gasteiger partial charge on any atom is 0.125 e. The summed E-state index contributed by atoms with van der Waals surface area (Å²) in [5.74, 6) is 1.62. The molecule has 1 aliphatic heterocycles. The van der Waals surface area contributed by atoms with Crippen LogP contribution in [0.15, 0.2) is 42.4 Å². The maximum absolute atomic E-state index is 5.83. The molecule has 96 valence electrons. The summed E-state index contributed by atoms with van der Waals surface area (Å²) >= 11 is 0. The fourth-order valence-corrected chi connectivity index (χ4v) is 1.89. The fourth-order valence-electron chi connectivity index (χ4n) is 1.89. The molecule has 1 aliphatic rings. The van der Waals surface area contributed by atoms with Crippen molar-refractivity contribution in [1.29, 1.82) is 0 Å². The van der Waals surface area contributed by atoms with Gasteiger partial charge < -0.3 is 10.5 Å². The largest absolute Gasteiger partial charge is 0.491 e. The quantitative estimate of drug-likeness (QED) is 0.849. The number of allylic oxidation sites excluding steroid dienone is 2. The second-order valence-corrected chi connectivity index (χ2v) is 4.34. The molecule has 4 nitrogen and oxygen atoms in total. The lowest BCUT2D eigenvalue weighted by Gasteiger charge is -2.25. The zero-order valence-electron chi connectivity index (χ0n) is 10.8. The van der Waals surface area contributed by atoms with Gasteiger partial charge in [-0.05, 0) is 37.1 Å². The van der Waals surface area contributed by atoms with Gasteiger partial charge in [0.05, 0.1) is 6.54 Å². The summed E-state index contributed by atoms with van der Waals surface area (Å²) in [6.07, 6.45) is 5.66. The zero-order chi connectivity index (χ0) is 13.0. The Labute approximate surface area is 108 Å². The van der Waals surface area contributed by atoms with E-state index >= 15 is 0 Å². The first kappa shape index (κ1) is 12.4. The molecule has 3 N–H and O–H groups in total. The van der Waals surface area contributed by atoms with E-state index in [0.29, 0.717) is 12.4 Å². The third-order valence-corrected chi connectivity index (χ3v) is 2.80. The highest BCUT2D eigenvalue weighted by Gasteiger charge is 2.06. The van der Waals surface area contributed by atoms with Crippen LogP contribution in [-0.2, 0) is 0 Å². The van der Waals surface area contributed by atoms with Crippen LogP contribution in [0, 0.1) is 13.8 Å². The summed E-state index contributed by atoms with van der Waals surface area (Å²) in [4.78, 5) is 0. The summed E-state index contributed by atoms with van der Waals surface area (Å²) in [6, 6.07) is 6.15. The molecule has 0 saturated heterocycles. The second-order valence-electron chi connectivity index (χ2n) is 4.34. The molecule has 4 heteroatoms. The number of nitrogens with two attached hydrogens (primary N) is 1. The van der Waals surface area contributed by atoms with E-state index in [1.807, 2.05) is 29.4 Å². The number of para-hydroxylation sites is 1. The van der Waals surface area contributed by atoms with Crippen molar-refractivity contribution in [1.82, 2.24) is 10.4 Å². The van der Waals surface area contributed by atoms with E-state index in [9.17, 15) is 0 Å². The van der Waals surface area contributed by atoms with Crippen LogP contribution in [0.5, 0.6) is 5.75 Å². The number of hydrogen-bond acceptors (Lipinski definition) is 4. The Morgan fingerprint density at radius 3 is 2.67 bits per heavy atom. The fraction of sp³-hybridized carbons (Fsp3) is 0.286. The smallest absolute Gasteiger partial charge is 0.125 e. The van der Waals surface area contributed by atoms with E-state index in [4.69, 9.17) is 10.5 Å². The summed E-state index contributed by atoms with van der Waals surface area (Å²) in [5.41, 5.74) is 11.0. The van der Waals surface area contributed by atoms with Crippen molar-refractivity contribution in [2.45, 2.75) is 13.8 Å². The molecular weight excluding hydrogens is 226 g/mol. The number of ether oxygens (including phenoxy) is 1. The molecule has 0 saturated carbocycles. The van der Waals surface area contributed by atoms with Gasteiger partial charge in [0.2, 0.25) is 0 Å². The minimum Gasteiger partial charge on any atom is -0.491 e. The highest BCUT2D eigenvalue weighted by Crippen LogP contribution is 2.22. The van der Waals surface area contributed by atoms with E-state index in [1.54, 1.807) is 0 Å². The van der Waals surface area contributed by atoms with Crippen molar-refractivity contribution in [2.75, 3.05) is 13.2 Å². The summed E-state index contributed by atoms with van der Waals surface area (Å²) in [6.45, 7) is 5.46. The Balaban J connectivity index is 1.86. The molecule has 0 spiro atoms. The first-order valence-corrected chi connectivity index (χ1v) is 6.03. The average Bonchev–Trinajstić information content (AvgIpc) is 2.33. The number of nitrogens with one attached hydrogen (secondary N) is 1. The first-order chi connectivity index (χ1) is 8.66. The Kier molecular flexibility index (Phi) is 3.77. The van der Waals surface area contributed by atoms with Crippen molar-refractivity contribution < 1.29 is 4.74 Å². The topological polar surface area (TPSA) is 50.5 Å². The van der Waals surface area contributed by atoms with E-state index in [0.717, 1.165) is 23.4 Å². The Morgan fingerprint density at radius 2 is 2.00 bits per heavy atom. The minimum absolute atomic E-state index is 0.607. The Morgan fingerprint density at radius 1 is 1.28 bits per heavy atom. The molecule has 1 aromatic rings. The lowest BCUT2D eigenvalue weighted by molar-refractivity contribution is 0.219. The monoisotopic (exact) mass is 245 g/mol. The predicted molar refractivity (Wildman–Crippen MR) is 72.7 cm³/mol. The van der Waals surface area contributed by atoms with Crippen LogP contribution in [0.1, 0.15) is 11.1 Å². The van der Waals surface area contributed by atoms with E-state index < -0.39 is 0 Å². The van der Waals surface area contributed by atoms with Crippen LogP contribution in [-0.4, -0.2) is 18.2 Å². The third kappa shape index (κ3) is 2.97. The molecule has 1 aromatic carbocycles. The molecule has 0 atom stereocenters. The minimum atomic E-state index is 0.607. The molecule has 0 radical (unpaired) electrons. The van der Waals surface area contributed by atoms with Gasteiger partial charge in [-0.2, -0.15) is 0 Å². The number of aryl methyl sites for hydroxylation is 2. The Bertz CT molecular complexity index is 460. The van der Waals surface area contributed by atoms with Crippen molar-refractivity contribution in [2.24, 2.45) is 5.73 Å². The van der Waals surface area contributed by atoms with Crippen molar-refractivity contribution in [3.05, 3.63) is 53.5 Å². The van der Waals surface area contributed by atoms with Crippen LogP contribution >= 0.6 is 0 Å². The van der Waals surface area contributed by atoms with E-state index in [-0.39, 0.29) is 0 Å². The van der Waals surface area contributed by atoms with Gasteiger partial charge in [0.25, 0.3) is 0 Å². The average molecular weight is 245 g/mol. The summed E-state index contributed by atoms with van der Waals surface area (Å²) < 4.78 is 5.83. The van der Waals surface area contributed by atoms with Crippen molar-refractivity contribution in [3.8, 4) is 5.75 Å². The molecule has 2 rings (SSSR count). The molecule has 18 heavy (non-hydrogen) atoms. The molecule has 1 heterocycles. The van der Waals surface area contributed by atoms with Crippen LogP contribution in [0.25, 0.3) is 0 Å². The van der Waals surface area contributed by atoms with Gasteiger partial charge in [-0.15, -0.1) is 0 Å². The molecule has 0 fully saturated rings. The van der Waals surface area contributed by atoms with Gasteiger partial charge in [-0.25, -0.2) is 0 Å².